The summed E-state index contributed by atoms with van der Waals surface area (Å²) in [5, 5.41) is 19.5. The van der Waals surface area contributed by atoms with Crippen molar-refractivity contribution in [1.82, 2.24) is 0 Å². The zero-order valence-corrected chi connectivity index (χ0v) is 9.27. The number of hydrogen-bond acceptors (Lipinski definition) is 3. The fraction of sp³-hybridized carbons (Fsp3) is 0.300. The molecule has 0 aliphatic heterocycles. The number of hydrogen-bond donors (Lipinski definition) is 1. The Labute approximate surface area is 96.8 Å². The van der Waals surface area contributed by atoms with Gasteiger partial charge in [0, 0.05) is 12.1 Å². The Morgan fingerprint density at radius 1 is 1.62 bits per heavy atom. The van der Waals surface area contributed by atoms with Crippen LogP contribution in [0.2, 0.25) is 5.02 Å². The van der Waals surface area contributed by atoms with Gasteiger partial charge >= 0.3 is 5.97 Å². The van der Waals surface area contributed by atoms with Gasteiger partial charge in [0.25, 0.3) is 5.69 Å². The van der Waals surface area contributed by atoms with Gasteiger partial charge in [-0.25, -0.2) is 0 Å². The van der Waals surface area contributed by atoms with Crippen LogP contribution in [0.15, 0.2) is 18.2 Å². The van der Waals surface area contributed by atoms with Gasteiger partial charge < -0.3 is 5.11 Å². The molecule has 0 radical (unpaired) electrons. The molecular weight excluding hydrogens is 234 g/mol. The summed E-state index contributed by atoms with van der Waals surface area (Å²) >= 11 is 5.82. The highest BCUT2D eigenvalue weighted by Gasteiger charge is 2.21. The largest absolute Gasteiger partial charge is 0.481 e. The van der Waals surface area contributed by atoms with Crippen LogP contribution in [0.1, 0.15) is 24.8 Å². The average Bonchev–Trinajstić information content (AvgIpc) is 2.20. The molecule has 1 aromatic carbocycles. The van der Waals surface area contributed by atoms with Crippen molar-refractivity contribution in [3.05, 3.63) is 38.9 Å². The van der Waals surface area contributed by atoms with Crippen molar-refractivity contribution >= 4 is 23.3 Å². The summed E-state index contributed by atoms with van der Waals surface area (Å²) in [6, 6.07) is 3.82. The number of nitro benzene ring substituents is 1. The molecule has 86 valence electrons. The minimum Gasteiger partial charge on any atom is -0.481 e. The van der Waals surface area contributed by atoms with Crippen LogP contribution in [-0.2, 0) is 4.79 Å². The Hall–Kier alpha value is -1.62. The van der Waals surface area contributed by atoms with Crippen LogP contribution in [0.5, 0.6) is 0 Å². The summed E-state index contributed by atoms with van der Waals surface area (Å²) in [6.07, 6.45) is 0.382. The molecule has 1 atom stereocenters. The SMILES string of the molecule is CCC(C(=O)O)c1ccc([N+](=O)[O-])cc1Cl. The molecule has 16 heavy (non-hydrogen) atoms. The highest BCUT2D eigenvalue weighted by atomic mass is 35.5. The molecule has 6 heteroatoms. The molecule has 0 spiro atoms. The van der Waals surface area contributed by atoms with Gasteiger partial charge in [-0.2, -0.15) is 0 Å². The minimum atomic E-state index is -0.988. The second-order valence-corrected chi connectivity index (χ2v) is 3.67. The molecule has 0 amide bonds. The lowest BCUT2D eigenvalue weighted by atomic mass is 9.96. The molecular formula is C10H10ClNO4. The van der Waals surface area contributed by atoms with E-state index >= 15 is 0 Å². The normalized spacial score (nSPS) is 12.1. The van der Waals surface area contributed by atoms with Crippen molar-refractivity contribution < 1.29 is 14.8 Å². The second kappa shape index (κ2) is 4.94. The van der Waals surface area contributed by atoms with E-state index in [1.807, 2.05) is 0 Å². The molecule has 0 aromatic heterocycles. The van der Waals surface area contributed by atoms with Gasteiger partial charge in [0.15, 0.2) is 0 Å². The van der Waals surface area contributed by atoms with E-state index in [0.29, 0.717) is 12.0 Å². The lowest BCUT2D eigenvalue weighted by Crippen LogP contribution is -2.11. The highest BCUT2D eigenvalue weighted by molar-refractivity contribution is 6.31. The Kier molecular flexibility index (Phi) is 3.84. The molecule has 0 fully saturated rings. The van der Waals surface area contributed by atoms with E-state index < -0.39 is 16.8 Å². The summed E-state index contributed by atoms with van der Waals surface area (Å²) in [5.41, 5.74) is 0.260. The van der Waals surface area contributed by atoms with Crippen LogP contribution in [0.4, 0.5) is 5.69 Å². The molecule has 1 N–H and O–H groups in total. The molecule has 0 aliphatic rings. The maximum Gasteiger partial charge on any atom is 0.311 e. The first-order chi connectivity index (χ1) is 7.47. The maximum absolute atomic E-state index is 10.9. The van der Waals surface area contributed by atoms with Gasteiger partial charge in [0.05, 0.1) is 15.9 Å². The van der Waals surface area contributed by atoms with Crippen LogP contribution in [0, 0.1) is 10.1 Å². The lowest BCUT2D eigenvalue weighted by molar-refractivity contribution is -0.384. The number of carbonyl (C=O) groups is 1. The molecule has 0 aliphatic carbocycles. The number of aliphatic carboxylic acids is 1. The third-order valence-electron chi connectivity index (χ3n) is 2.28. The monoisotopic (exact) mass is 243 g/mol. The Bertz CT molecular complexity index is 433. The lowest BCUT2D eigenvalue weighted by Gasteiger charge is -2.11. The van der Waals surface area contributed by atoms with Crippen molar-refractivity contribution in [3.63, 3.8) is 0 Å². The van der Waals surface area contributed by atoms with E-state index in [9.17, 15) is 14.9 Å². The predicted octanol–water partition coefficient (Wildman–Crippen LogP) is 2.83. The van der Waals surface area contributed by atoms with Crippen molar-refractivity contribution in [3.8, 4) is 0 Å². The number of carboxylic acid groups (broad SMARTS) is 1. The van der Waals surface area contributed by atoms with Crippen molar-refractivity contribution in [2.45, 2.75) is 19.3 Å². The highest BCUT2D eigenvalue weighted by Crippen LogP contribution is 2.30. The smallest absolute Gasteiger partial charge is 0.311 e. The van der Waals surface area contributed by atoms with Crippen molar-refractivity contribution in [1.29, 1.82) is 0 Å². The third kappa shape index (κ3) is 2.49. The first-order valence-corrected chi connectivity index (χ1v) is 5.01. The van der Waals surface area contributed by atoms with Gasteiger partial charge in [0.2, 0.25) is 0 Å². The van der Waals surface area contributed by atoms with E-state index in [0.717, 1.165) is 0 Å². The Morgan fingerprint density at radius 2 is 2.25 bits per heavy atom. The fourth-order valence-corrected chi connectivity index (χ4v) is 1.75. The molecule has 0 bridgehead atoms. The first-order valence-electron chi connectivity index (χ1n) is 4.64. The van der Waals surface area contributed by atoms with Crippen LogP contribution in [0.3, 0.4) is 0 Å². The summed E-state index contributed by atoms with van der Waals surface area (Å²) in [7, 11) is 0. The number of benzene rings is 1. The van der Waals surface area contributed by atoms with Crippen LogP contribution < -0.4 is 0 Å². The average molecular weight is 244 g/mol. The zero-order chi connectivity index (χ0) is 12.3. The molecule has 1 aromatic rings. The molecule has 0 heterocycles. The predicted molar refractivity (Wildman–Crippen MR) is 58.8 cm³/mol. The first kappa shape index (κ1) is 12.4. The van der Waals surface area contributed by atoms with E-state index in [1.165, 1.54) is 18.2 Å². The Balaban J connectivity index is 3.16. The number of non-ortho nitro benzene ring substituents is 1. The van der Waals surface area contributed by atoms with Gasteiger partial charge in [-0.1, -0.05) is 18.5 Å². The fourth-order valence-electron chi connectivity index (χ4n) is 1.44. The van der Waals surface area contributed by atoms with Crippen LogP contribution in [-0.4, -0.2) is 16.0 Å². The number of rotatable bonds is 4. The quantitative estimate of drug-likeness (QED) is 0.651. The van der Waals surface area contributed by atoms with Gasteiger partial charge in [-0.05, 0) is 18.1 Å². The summed E-state index contributed by atoms with van der Waals surface area (Å²) in [6.45, 7) is 1.72. The van der Waals surface area contributed by atoms with E-state index in [-0.39, 0.29) is 10.7 Å². The van der Waals surface area contributed by atoms with E-state index in [4.69, 9.17) is 16.7 Å². The summed E-state index contributed by atoms with van der Waals surface area (Å²) in [4.78, 5) is 20.8. The molecule has 5 nitrogen and oxygen atoms in total. The third-order valence-corrected chi connectivity index (χ3v) is 2.60. The standard InChI is InChI=1S/C10H10ClNO4/c1-2-7(10(13)14)8-4-3-6(12(15)16)5-9(8)11/h3-5,7H,2H2,1H3,(H,13,14). The Morgan fingerprint density at radius 3 is 2.62 bits per heavy atom. The zero-order valence-electron chi connectivity index (χ0n) is 8.51. The molecule has 1 rings (SSSR count). The van der Waals surface area contributed by atoms with Crippen LogP contribution >= 0.6 is 11.6 Å². The molecule has 0 saturated heterocycles. The van der Waals surface area contributed by atoms with E-state index in [1.54, 1.807) is 6.92 Å². The number of carboxylic acids is 1. The van der Waals surface area contributed by atoms with Gasteiger partial charge in [0.1, 0.15) is 0 Å². The van der Waals surface area contributed by atoms with Crippen LogP contribution in [0.25, 0.3) is 0 Å². The van der Waals surface area contributed by atoms with Gasteiger partial charge in [-0.15, -0.1) is 0 Å². The number of nitro groups is 1. The minimum absolute atomic E-state index is 0.114. The number of nitrogens with zero attached hydrogens (tertiary/aromatic N) is 1. The van der Waals surface area contributed by atoms with Gasteiger partial charge in [-0.3, -0.25) is 14.9 Å². The molecule has 0 saturated carbocycles. The van der Waals surface area contributed by atoms with E-state index in [2.05, 4.69) is 0 Å². The molecule has 1 unspecified atom stereocenters. The van der Waals surface area contributed by atoms with Crippen molar-refractivity contribution in [2.24, 2.45) is 0 Å². The summed E-state index contributed by atoms with van der Waals surface area (Å²) in [5.74, 6) is -1.72. The topological polar surface area (TPSA) is 80.4 Å². The second-order valence-electron chi connectivity index (χ2n) is 3.26. The maximum atomic E-state index is 10.9. The summed E-state index contributed by atoms with van der Waals surface area (Å²) < 4.78 is 0. The number of halogens is 1. The van der Waals surface area contributed by atoms with Crippen molar-refractivity contribution in [2.75, 3.05) is 0 Å².